The Morgan fingerprint density at radius 2 is 2.12 bits per heavy atom. The molecule has 44 valence electrons. The summed E-state index contributed by atoms with van der Waals surface area (Å²) < 4.78 is 5.12. The summed E-state index contributed by atoms with van der Waals surface area (Å²) >= 11 is -0.878. The van der Waals surface area contributed by atoms with Gasteiger partial charge in [0.05, 0.1) is 0 Å². The van der Waals surface area contributed by atoms with Crippen molar-refractivity contribution in [2.45, 2.75) is 0 Å². The molecule has 0 fully saturated rings. The quantitative estimate of drug-likeness (QED) is 0.532. The van der Waals surface area contributed by atoms with E-state index in [0.29, 0.717) is 0 Å². The number of rotatable bonds is 1. The molecule has 1 unspecified atom stereocenters. The van der Waals surface area contributed by atoms with Gasteiger partial charge in [-0.25, -0.2) is 0 Å². The van der Waals surface area contributed by atoms with Gasteiger partial charge in [-0.05, 0) is 0 Å². The molecule has 1 atom stereocenters. The van der Waals surface area contributed by atoms with Gasteiger partial charge in [-0.15, -0.1) is 0 Å². The molecule has 0 saturated heterocycles. The number of allylic oxidation sites excluding steroid dienone is 3. The molecule has 1 aliphatic heterocycles. The third-order valence-electron chi connectivity index (χ3n) is 0.840. The summed E-state index contributed by atoms with van der Waals surface area (Å²) in [7, 11) is 1.75. The predicted octanol–water partition coefficient (Wildman–Crippen LogP) is 0.673. The Hall–Kier alpha value is -0.171. The van der Waals surface area contributed by atoms with Crippen molar-refractivity contribution in [3.05, 3.63) is 23.2 Å². The van der Waals surface area contributed by atoms with Crippen molar-refractivity contribution in [2.24, 2.45) is 0 Å². The van der Waals surface area contributed by atoms with Crippen molar-refractivity contribution in [2.75, 3.05) is 7.11 Å². The Balaban J connectivity index is 2.68. The van der Waals surface area contributed by atoms with E-state index in [4.69, 9.17) is 3.82 Å². The average molecular weight is 175 g/mol. The van der Waals surface area contributed by atoms with Gasteiger partial charge >= 0.3 is 52.8 Å². The Morgan fingerprint density at radius 3 is 2.50 bits per heavy atom. The van der Waals surface area contributed by atoms with Gasteiger partial charge in [0.25, 0.3) is 0 Å². The molecular weight excluding hydrogens is 167 g/mol. The van der Waals surface area contributed by atoms with E-state index >= 15 is 0 Å². The van der Waals surface area contributed by atoms with Crippen LogP contribution in [0.3, 0.4) is 0 Å². The van der Waals surface area contributed by atoms with Gasteiger partial charge in [0.1, 0.15) is 0 Å². The van der Waals surface area contributed by atoms with Gasteiger partial charge in [-0.3, -0.25) is 0 Å². The van der Waals surface area contributed by atoms with Crippen molar-refractivity contribution >= 4 is 18.7 Å². The first kappa shape index (κ1) is 5.96. The van der Waals surface area contributed by atoms with Crippen molar-refractivity contribution in [3.63, 3.8) is 0 Å². The van der Waals surface area contributed by atoms with Gasteiger partial charge in [-0.2, -0.15) is 0 Å². The van der Waals surface area contributed by atoms with Crippen LogP contribution in [0.2, 0.25) is 0 Å². The standard InChI is InChI=1S/C6H8OSe/c1-7-8-5-3-2-4-6-8/h2-6H,1H3. The Bertz CT molecular complexity index is 156. The molecule has 0 aliphatic carbocycles. The maximum absolute atomic E-state index is 5.12. The van der Waals surface area contributed by atoms with Crippen LogP contribution in [0.25, 0.3) is 0 Å². The predicted molar refractivity (Wildman–Crippen MR) is 37.1 cm³/mol. The molecule has 8 heavy (non-hydrogen) atoms. The summed E-state index contributed by atoms with van der Waals surface area (Å²) in [6.07, 6.45) is 6.08. The second kappa shape index (κ2) is 2.98. The van der Waals surface area contributed by atoms with Gasteiger partial charge in [0, 0.05) is 0 Å². The molecule has 0 aromatic heterocycles. The van der Waals surface area contributed by atoms with E-state index in [1.54, 1.807) is 7.11 Å². The van der Waals surface area contributed by atoms with Crippen LogP contribution >= 0.6 is 0 Å². The van der Waals surface area contributed by atoms with Crippen LogP contribution < -0.4 is 0 Å². The van der Waals surface area contributed by atoms with Crippen LogP contribution in [0.5, 0.6) is 0 Å². The van der Waals surface area contributed by atoms with Crippen molar-refractivity contribution in [1.29, 1.82) is 0 Å². The maximum atomic E-state index is 5.12. The van der Waals surface area contributed by atoms with Gasteiger partial charge < -0.3 is 0 Å². The molecule has 0 aromatic rings. The second-order valence-corrected chi connectivity index (χ2v) is 4.56. The molecule has 0 bridgehead atoms. The fraction of sp³-hybridized carbons (Fsp3) is 0.167. The number of hydrogen-bond donors (Lipinski definition) is 0. The third-order valence-corrected chi connectivity index (χ3v) is 3.43. The number of hydrogen-bond acceptors (Lipinski definition) is 1. The van der Waals surface area contributed by atoms with Crippen LogP contribution in [-0.4, -0.2) is 25.8 Å². The van der Waals surface area contributed by atoms with E-state index in [2.05, 4.69) is 9.89 Å². The van der Waals surface area contributed by atoms with Crippen molar-refractivity contribution in [3.8, 4) is 0 Å². The Kier molecular flexibility index (Phi) is 2.22. The van der Waals surface area contributed by atoms with Gasteiger partial charge in [-0.1, -0.05) is 0 Å². The van der Waals surface area contributed by atoms with E-state index < -0.39 is 13.8 Å². The van der Waals surface area contributed by atoms with Crippen LogP contribution in [-0.2, 0) is 3.82 Å². The summed E-state index contributed by atoms with van der Waals surface area (Å²) in [6.45, 7) is 0. The summed E-state index contributed by atoms with van der Waals surface area (Å²) in [5.41, 5.74) is 0. The molecule has 2 heteroatoms. The fourth-order valence-corrected chi connectivity index (χ4v) is 2.15. The first-order chi connectivity index (χ1) is 3.93. The van der Waals surface area contributed by atoms with E-state index in [-0.39, 0.29) is 0 Å². The summed E-state index contributed by atoms with van der Waals surface area (Å²) in [6, 6.07) is 0. The van der Waals surface area contributed by atoms with Crippen LogP contribution in [0, 0.1) is 0 Å². The van der Waals surface area contributed by atoms with E-state index in [1.807, 2.05) is 18.2 Å². The SMILES string of the molecule is CO[Se]1=CC=CC=C1. The molecule has 1 nitrogen and oxygen atoms in total. The normalized spacial score (nSPS) is 25.4. The van der Waals surface area contributed by atoms with Gasteiger partial charge in [0.2, 0.25) is 0 Å². The molecule has 1 rings (SSSR count). The first-order valence-electron chi connectivity index (χ1n) is 2.38. The Labute approximate surface area is 53.4 Å². The van der Waals surface area contributed by atoms with E-state index in [0.717, 1.165) is 0 Å². The van der Waals surface area contributed by atoms with Crippen LogP contribution in [0.15, 0.2) is 23.2 Å². The van der Waals surface area contributed by atoms with E-state index in [1.165, 1.54) is 0 Å². The summed E-state index contributed by atoms with van der Waals surface area (Å²) in [5, 5.41) is 0. The van der Waals surface area contributed by atoms with Gasteiger partial charge in [0.15, 0.2) is 0 Å². The zero-order valence-electron chi connectivity index (χ0n) is 4.70. The van der Waals surface area contributed by atoms with Crippen molar-refractivity contribution in [1.82, 2.24) is 0 Å². The molecular formula is C6H8OSe. The molecule has 0 N–H and O–H groups in total. The monoisotopic (exact) mass is 176 g/mol. The van der Waals surface area contributed by atoms with E-state index in [9.17, 15) is 0 Å². The molecule has 0 aromatic carbocycles. The second-order valence-electron chi connectivity index (χ2n) is 1.34. The summed E-state index contributed by atoms with van der Waals surface area (Å²) in [4.78, 5) is 4.25. The molecule has 0 radical (unpaired) electrons. The average Bonchev–Trinajstić information content (AvgIpc) is 1.90. The zero-order chi connectivity index (χ0) is 5.82. The molecule has 1 heterocycles. The third kappa shape index (κ3) is 1.41. The minimum absolute atomic E-state index is 0.878. The first-order valence-corrected chi connectivity index (χ1v) is 5.06. The van der Waals surface area contributed by atoms with Crippen LogP contribution in [0.4, 0.5) is 0 Å². The molecule has 0 spiro atoms. The van der Waals surface area contributed by atoms with Crippen molar-refractivity contribution < 1.29 is 3.82 Å². The fourth-order valence-electron chi connectivity index (χ4n) is 0.466. The molecule has 1 aliphatic rings. The molecule has 0 saturated carbocycles. The topological polar surface area (TPSA) is 9.23 Å². The van der Waals surface area contributed by atoms with Crippen LogP contribution in [0.1, 0.15) is 0 Å². The minimum atomic E-state index is -0.878. The Morgan fingerprint density at radius 1 is 1.25 bits per heavy atom. The summed E-state index contributed by atoms with van der Waals surface area (Å²) in [5.74, 6) is 0. The molecule has 0 amide bonds. The zero-order valence-corrected chi connectivity index (χ0v) is 6.42.